The van der Waals surface area contributed by atoms with E-state index in [0.717, 1.165) is 11.1 Å². The number of hydrogen-bond donors (Lipinski definition) is 2. The highest BCUT2D eigenvalue weighted by atomic mass is 32.2. The van der Waals surface area contributed by atoms with E-state index >= 15 is 0 Å². The number of hydrogen-bond acceptors (Lipinski definition) is 6. The summed E-state index contributed by atoms with van der Waals surface area (Å²) in [6, 6.07) is 11.5. The zero-order chi connectivity index (χ0) is 20.6. The smallest absolute Gasteiger partial charge is 0.258 e. The zero-order valence-electron chi connectivity index (χ0n) is 15.4. The standard InChI is InChI=1S/C20H17N3O5S/c1-12-2-4-13(5-3-12)20-22-14(11-28-20)8-9-21-29(26,27)15-6-7-16-17(10-15)19(25)23-18(16)24/h2-7,10-11,21H,8-9H2,1H3,(H,23,24,25). The van der Waals surface area contributed by atoms with Crippen molar-refractivity contribution < 1.29 is 22.4 Å². The Balaban J connectivity index is 1.42. The van der Waals surface area contributed by atoms with Gasteiger partial charge in [-0.2, -0.15) is 0 Å². The van der Waals surface area contributed by atoms with Crippen LogP contribution in [0.4, 0.5) is 0 Å². The van der Waals surface area contributed by atoms with Crippen molar-refractivity contribution in [1.29, 1.82) is 0 Å². The Morgan fingerprint density at radius 3 is 2.52 bits per heavy atom. The summed E-state index contributed by atoms with van der Waals surface area (Å²) in [4.78, 5) is 27.6. The number of fused-ring (bicyclic) bond motifs is 1. The molecule has 4 rings (SSSR count). The average molecular weight is 411 g/mol. The fourth-order valence-electron chi connectivity index (χ4n) is 2.96. The Morgan fingerprint density at radius 2 is 1.76 bits per heavy atom. The van der Waals surface area contributed by atoms with Crippen molar-refractivity contribution in [3.05, 3.63) is 71.1 Å². The number of nitrogens with one attached hydrogen (secondary N) is 2. The summed E-state index contributed by atoms with van der Waals surface area (Å²) in [7, 11) is -3.84. The molecule has 2 aromatic carbocycles. The SMILES string of the molecule is Cc1ccc(-c2nc(CCNS(=O)(=O)c3ccc4c(c3)C(=O)NC4=O)co2)cc1. The summed E-state index contributed by atoms with van der Waals surface area (Å²) in [6.45, 7) is 2.09. The van der Waals surface area contributed by atoms with Gasteiger partial charge in [0.05, 0.1) is 21.7 Å². The van der Waals surface area contributed by atoms with Crippen LogP contribution in [0.15, 0.2) is 58.0 Å². The minimum Gasteiger partial charge on any atom is -0.444 e. The van der Waals surface area contributed by atoms with Gasteiger partial charge in [-0.1, -0.05) is 17.7 Å². The van der Waals surface area contributed by atoms with E-state index in [-0.39, 0.29) is 22.6 Å². The number of carbonyl (C=O) groups excluding carboxylic acids is 2. The Bertz CT molecular complexity index is 1210. The van der Waals surface area contributed by atoms with Gasteiger partial charge in [-0.15, -0.1) is 0 Å². The summed E-state index contributed by atoms with van der Waals surface area (Å²) < 4.78 is 32.9. The monoisotopic (exact) mass is 411 g/mol. The van der Waals surface area contributed by atoms with Gasteiger partial charge in [0.15, 0.2) is 0 Å². The lowest BCUT2D eigenvalue weighted by Gasteiger charge is -2.06. The maximum absolute atomic E-state index is 12.5. The van der Waals surface area contributed by atoms with Crippen LogP contribution < -0.4 is 10.0 Å². The van der Waals surface area contributed by atoms with Crippen LogP contribution in [0.1, 0.15) is 32.0 Å². The molecule has 0 aliphatic carbocycles. The molecule has 2 heterocycles. The molecule has 0 bridgehead atoms. The third-order valence-corrected chi connectivity index (χ3v) is 6.00. The van der Waals surface area contributed by atoms with Crippen molar-refractivity contribution in [3.8, 4) is 11.5 Å². The van der Waals surface area contributed by atoms with Gasteiger partial charge >= 0.3 is 0 Å². The van der Waals surface area contributed by atoms with E-state index in [9.17, 15) is 18.0 Å². The zero-order valence-corrected chi connectivity index (χ0v) is 16.2. The fraction of sp³-hybridized carbons (Fsp3) is 0.150. The molecule has 0 saturated carbocycles. The van der Waals surface area contributed by atoms with Gasteiger partial charge in [0.2, 0.25) is 15.9 Å². The fourth-order valence-corrected chi connectivity index (χ4v) is 4.02. The third kappa shape index (κ3) is 3.82. The van der Waals surface area contributed by atoms with Crippen LogP contribution >= 0.6 is 0 Å². The summed E-state index contributed by atoms with van der Waals surface area (Å²) in [5.41, 5.74) is 2.80. The number of rotatable bonds is 6. The molecule has 2 N–H and O–H groups in total. The van der Waals surface area contributed by atoms with Gasteiger partial charge in [-0.05, 0) is 37.3 Å². The lowest BCUT2D eigenvalue weighted by Crippen LogP contribution is -2.26. The van der Waals surface area contributed by atoms with Crippen LogP contribution in [-0.4, -0.2) is 31.8 Å². The first kappa shape index (κ1) is 19.0. The predicted octanol–water partition coefficient (Wildman–Crippen LogP) is 2.05. The molecule has 2 amide bonds. The number of amides is 2. The van der Waals surface area contributed by atoms with Crippen molar-refractivity contribution in [1.82, 2.24) is 15.0 Å². The molecule has 148 valence electrons. The predicted molar refractivity (Wildman–Crippen MR) is 104 cm³/mol. The van der Waals surface area contributed by atoms with Crippen molar-refractivity contribution in [2.45, 2.75) is 18.2 Å². The van der Waals surface area contributed by atoms with Crippen LogP contribution in [0.25, 0.3) is 11.5 Å². The van der Waals surface area contributed by atoms with Gasteiger partial charge < -0.3 is 4.42 Å². The molecule has 29 heavy (non-hydrogen) atoms. The maximum atomic E-state index is 12.5. The number of sulfonamides is 1. The Labute approximate surface area is 167 Å². The van der Waals surface area contributed by atoms with Crippen LogP contribution in [0, 0.1) is 6.92 Å². The molecule has 9 heteroatoms. The van der Waals surface area contributed by atoms with Gasteiger partial charge in [0.1, 0.15) is 6.26 Å². The van der Waals surface area contributed by atoms with Crippen molar-refractivity contribution >= 4 is 21.8 Å². The summed E-state index contributed by atoms with van der Waals surface area (Å²) >= 11 is 0. The number of oxazole rings is 1. The van der Waals surface area contributed by atoms with Crippen LogP contribution in [0.5, 0.6) is 0 Å². The van der Waals surface area contributed by atoms with Gasteiger partial charge in [0.25, 0.3) is 11.8 Å². The second kappa shape index (κ2) is 7.26. The number of benzene rings is 2. The van der Waals surface area contributed by atoms with E-state index in [0.29, 0.717) is 18.0 Å². The second-order valence-corrected chi connectivity index (χ2v) is 8.42. The van der Waals surface area contributed by atoms with Crippen molar-refractivity contribution in [2.75, 3.05) is 6.54 Å². The quantitative estimate of drug-likeness (QED) is 0.600. The summed E-state index contributed by atoms with van der Waals surface area (Å²) in [5.74, 6) is -0.664. The van der Waals surface area contributed by atoms with Gasteiger partial charge in [-0.25, -0.2) is 18.1 Å². The molecule has 0 unspecified atom stereocenters. The molecule has 0 saturated heterocycles. The molecule has 0 atom stereocenters. The van der Waals surface area contributed by atoms with E-state index in [1.54, 1.807) is 0 Å². The number of carbonyl (C=O) groups is 2. The molecular weight excluding hydrogens is 394 g/mol. The number of nitrogens with zero attached hydrogens (tertiary/aromatic N) is 1. The largest absolute Gasteiger partial charge is 0.444 e. The van der Waals surface area contributed by atoms with Crippen LogP contribution in [0.3, 0.4) is 0 Å². The van der Waals surface area contributed by atoms with Gasteiger partial charge in [0, 0.05) is 18.5 Å². The maximum Gasteiger partial charge on any atom is 0.258 e. The van der Waals surface area contributed by atoms with Crippen LogP contribution in [0.2, 0.25) is 0 Å². The first-order valence-corrected chi connectivity index (χ1v) is 10.3. The highest BCUT2D eigenvalue weighted by Crippen LogP contribution is 2.21. The first-order valence-electron chi connectivity index (χ1n) is 8.84. The second-order valence-electron chi connectivity index (χ2n) is 6.65. The van der Waals surface area contributed by atoms with Crippen LogP contribution in [-0.2, 0) is 16.4 Å². The molecule has 8 nitrogen and oxygen atoms in total. The molecule has 0 spiro atoms. The highest BCUT2D eigenvalue weighted by Gasteiger charge is 2.28. The van der Waals surface area contributed by atoms with Crippen molar-refractivity contribution in [3.63, 3.8) is 0 Å². The molecule has 1 aliphatic heterocycles. The molecule has 1 aromatic heterocycles. The van der Waals surface area contributed by atoms with E-state index in [2.05, 4.69) is 15.0 Å². The molecular formula is C20H17N3O5S. The lowest BCUT2D eigenvalue weighted by atomic mass is 10.1. The molecule has 3 aromatic rings. The normalized spacial score (nSPS) is 13.4. The van der Waals surface area contributed by atoms with E-state index < -0.39 is 21.8 Å². The molecule has 0 fully saturated rings. The topological polar surface area (TPSA) is 118 Å². The highest BCUT2D eigenvalue weighted by molar-refractivity contribution is 7.89. The summed E-state index contributed by atoms with van der Waals surface area (Å²) in [6.07, 6.45) is 1.83. The van der Waals surface area contributed by atoms with Crippen molar-refractivity contribution in [2.24, 2.45) is 0 Å². The van der Waals surface area contributed by atoms with E-state index in [1.807, 2.05) is 31.2 Å². The number of imide groups is 1. The van der Waals surface area contributed by atoms with E-state index in [4.69, 9.17) is 4.42 Å². The Kier molecular flexibility index (Phi) is 4.77. The third-order valence-electron chi connectivity index (χ3n) is 4.54. The minimum absolute atomic E-state index is 0.0529. The average Bonchev–Trinajstić information content (AvgIpc) is 3.27. The van der Waals surface area contributed by atoms with E-state index in [1.165, 1.54) is 24.5 Å². The number of aryl methyl sites for hydroxylation is 1. The summed E-state index contributed by atoms with van der Waals surface area (Å²) in [5, 5.41) is 2.13. The lowest BCUT2D eigenvalue weighted by molar-refractivity contribution is 0.0879. The Hall–Kier alpha value is -3.30. The first-order chi connectivity index (χ1) is 13.8. The number of aromatic nitrogens is 1. The minimum atomic E-state index is -3.84. The van der Waals surface area contributed by atoms with Gasteiger partial charge in [-0.3, -0.25) is 14.9 Å². The Morgan fingerprint density at radius 1 is 1.03 bits per heavy atom. The molecule has 1 aliphatic rings. The molecule has 0 radical (unpaired) electrons.